The van der Waals surface area contributed by atoms with Crippen LogP contribution in [0.1, 0.15) is 40.5 Å². The molecule has 1 aliphatic heterocycles. The lowest BCUT2D eigenvalue weighted by Crippen LogP contribution is -2.42. The number of benzene rings is 1. The van der Waals surface area contributed by atoms with Gasteiger partial charge in [-0.2, -0.15) is 0 Å². The van der Waals surface area contributed by atoms with Crippen LogP contribution in [0.3, 0.4) is 0 Å². The highest BCUT2D eigenvalue weighted by Gasteiger charge is 2.19. The molecule has 1 aromatic carbocycles. The van der Waals surface area contributed by atoms with Crippen molar-refractivity contribution in [2.75, 3.05) is 24.5 Å². The topological polar surface area (TPSA) is 69.6 Å². The van der Waals surface area contributed by atoms with Crippen LogP contribution >= 0.6 is 0 Å². The Morgan fingerprint density at radius 1 is 1.45 bits per heavy atom. The van der Waals surface area contributed by atoms with Gasteiger partial charge < -0.3 is 15.3 Å². The Morgan fingerprint density at radius 3 is 2.70 bits per heavy atom. The summed E-state index contributed by atoms with van der Waals surface area (Å²) in [6.45, 7) is 4.92. The molecule has 1 heterocycles. The third kappa shape index (κ3) is 3.17. The van der Waals surface area contributed by atoms with E-state index in [1.165, 1.54) is 6.07 Å². The van der Waals surface area contributed by atoms with Crippen LogP contribution in [0.2, 0.25) is 0 Å². The molecular weight excluding hydrogens is 256 g/mol. The first kappa shape index (κ1) is 14.5. The van der Waals surface area contributed by atoms with Gasteiger partial charge >= 0.3 is 5.97 Å². The van der Waals surface area contributed by atoms with Gasteiger partial charge in [0.25, 0.3) is 0 Å². The third-order valence-electron chi connectivity index (χ3n) is 3.75. The van der Waals surface area contributed by atoms with Crippen molar-refractivity contribution < 1.29 is 14.7 Å². The summed E-state index contributed by atoms with van der Waals surface area (Å²) >= 11 is 0. The Kier molecular flexibility index (Phi) is 4.74. The van der Waals surface area contributed by atoms with Crippen molar-refractivity contribution in [2.45, 2.75) is 25.8 Å². The highest BCUT2D eigenvalue weighted by molar-refractivity contribution is 5.98. The minimum atomic E-state index is -1.07. The average Bonchev–Trinajstić information content (AvgIpc) is 2.47. The van der Waals surface area contributed by atoms with Gasteiger partial charge in [0.05, 0.1) is 5.56 Å². The van der Waals surface area contributed by atoms with E-state index in [9.17, 15) is 9.59 Å². The lowest BCUT2D eigenvalue weighted by molar-refractivity contribution is 0.0694. The number of nitrogens with one attached hydrogen (secondary N) is 1. The Labute approximate surface area is 118 Å². The maximum absolute atomic E-state index is 11.0. The molecule has 2 N–H and O–H groups in total. The number of aldehydes is 1. The van der Waals surface area contributed by atoms with Gasteiger partial charge in [-0.3, -0.25) is 4.79 Å². The van der Waals surface area contributed by atoms with E-state index >= 15 is 0 Å². The molecule has 20 heavy (non-hydrogen) atoms. The zero-order chi connectivity index (χ0) is 14.5. The number of carbonyl (C=O) groups is 2. The number of anilines is 1. The number of carbonyl (C=O) groups excluding carboxylic acids is 1. The van der Waals surface area contributed by atoms with Crippen LogP contribution in [0.25, 0.3) is 0 Å². The first-order chi connectivity index (χ1) is 9.65. The number of nitrogens with zero attached hydrogens (tertiary/aromatic N) is 1. The number of hydrogen-bond acceptors (Lipinski definition) is 4. The molecule has 1 saturated heterocycles. The maximum atomic E-state index is 11.0. The Morgan fingerprint density at radius 2 is 2.15 bits per heavy atom. The van der Waals surface area contributed by atoms with Crippen molar-refractivity contribution in [1.29, 1.82) is 0 Å². The smallest absolute Gasteiger partial charge is 0.336 e. The number of carboxylic acid groups (broad SMARTS) is 1. The summed E-state index contributed by atoms with van der Waals surface area (Å²) < 4.78 is 0. The summed E-state index contributed by atoms with van der Waals surface area (Å²) in [5.41, 5.74) is 1.22. The number of aromatic carboxylic acids is 1. The predicted octanol–water partition coefficient (Wildman–Crippen LogP) is 1.78. The fraction of sp³-hybridized carbons (Fsp3) is 0.467. The van der Waals surface area contributed by atoms with Gasteiger partial charge in [-0.15, -0.1) is 0 Å². The number of piperidine rings is 1. The van der Waals surface area contributed by atoms with Crippen LogP contribution < -0.4 is 10.2 Å². The SMILES string of the molecule is CCNC1CCN(c2ccc(C(=O)O)c(C=O)c2)CC1. The fourth-order valence-corrected chi connectivity index (χ4v) is 2.67. The highest BCUT2D eigenvalue weighted by Crippen LogP contribution is 2.22. The quantitative estimate of drug-likeness (QED) is 0.802. The van der Waals surface area contributed by atoms with E-state index in [-0.39, 0.29) is 11.1 Å². The van der Waals surface area contributed by atoms with Crippen LogP contribution in [-0.4, -0.2) is 43.0 Å². The second-order valence-corrected chi connectivity index (χ2v) is 5.01. The second-order valence-electron chi connectivity index (χ2n) is 5.01. The molecule has 108 valence electrons. The lowest BCUT2D eigenvalue weighted by atomic mass is 10.0. The lowest BCUT2D eigenvalue weighted by Gasteiger charge is -2.34. The van der Waals surface area contributed by atoms with Crippen molar-refractivity contribution in [2.24, 2.45) is 0 Å². The molecule has 0 bridgehead atoms. The first-order valence-electron chi connectivity index (χ1n) is 6.96. The molecule has 1 fully saturated rings. The number of rotatable bonds is 5. The van der Waals surface area contributed by atoms with E-state index < -0.39 is 5.97 Å². The summed E-state index contributed by atoms with van der Waals surface area (Å²) in [4.78, 5) is 24.2. The van der Waals surface area contributed by atoms with E-state index in [1.54, 1.807) is 12.1 Å². The first-order valence-corrected chi connectivity index (χ1v) is 6.96. The molecule has 1 aromatic rings. The van der Waals surface area contributed by atoms with Crippen LogP contribution in [0, 0.1) is 0 Å². The van der Waals surface area contributed by atoms with Crippen molar-refractivity contribution in [3.05, 3.63) is 29.3 Å². The van der Waals surface area contributed by atoms with Crippen molar-refractivity contribution in [1.82, 2.24) is 5.32 Å². The molecule has 5 heteroatoms. The van der Waals surface area contributed by atoms with Crippen molar-refractivity contribution in [3.63, 3.8) is 0 Å². The molecular formula is C15H20N2O3. The molecule has 0 saturated carbocycles. The van der Waals surface area contributed by atoms with E-state index in [0.29, 0.717) is 12.3 Å². The molecule has 0 unspecified atom stereocenters. The van der Waals surface area contributed by atoms with Gasteiger partial charge in [-0.25, -0.2) is 4.79 Å². The number of hydrogen-bond donors (Lipinski definition) is 2. The van der Waals surface area contributed by atoms with Crippen LogP contribution in [0.15, 0.2) is 18.2 Å². The molecule has 0 radical (unpaired) electrons. The van der Waals surface area contributed by atoms with E-state index in [1.807, 2.05) is 0 Å². The maximum Gasteiger partial charge on any atom is 0.336 e. The Bertz CT molecular complexity index is 494. The standard InChI is InChI=1S/C15H20N2O3/c1-2-16-12-5-7-17(8-6-12)13-3-4-14(15(19)20)11(9-13)10-18/h3-4,9-10,12,16H,2,5-8H2,1H3,(H,19,20). The van der Waals surface area contributed by atoms with E-state index in [2.05, 4.69) is 17.1 Å². The van der Waals surface area contributed by atoms with Gasteiger partial charge in [0.2, 0.25) is 0 Å². The van der Waals surface area contributed by atoms with Gasteiger partial charge in [0.15, 0.2) is 6.29 Å². The molecule has 0 atom stereocenters. The summed E-state index contributed by atoms with van der Waals surface area (Å²) in [5.74, 6) is -1.07. The largest absolute Gasteiger partial charge is 0.478 e. The molecule has 2 rings (SSSR count). The van der Waals surface area contributed by atoms with Crippen LogP contribution in [0.5, 0.6) is 0 Å². The monoisotopic (exact) mass is 276 g/mol. The van der Waals surface area contributed by atoms with E-state index in [4.69, 9.17) is 5.11 Å². The molecule has 0 aromatic heterocycles. The molecule has 0 amide bonds. The molecule has 5 nitrogen and oxygen atoms in total. The summed E-state index contributed by atoms with van der Waals surface area (Å²) in [5, 5.41) is 12.5. The van der Waals surface area contributed by atoms with Gasteiger partial charge in [0.1, 0.15) is 0 Å². The van der Waals surface area contributed by atoms with Crippen molar-refractivity contribution in [3.8, 4) is 0 Å². The minimum Gasteiger partial charge on any atom is -0.478 e. The third-order valence-corrected chi connectivity index (χ3v) is 3.75. The van der Waals surface area contributed by atoms with Gasteiger partial charge in [-0.1, -0.05) is 6.92 Å². The highest BCUT2D eigenvalue weighted by atomic mass is 16.4. The van der Waals surface area contributed by atoms with Gasteiger partial charge in [-0.05, 0) is 37.6 Å². The van der Waals surface area contributed by atoms with Gasteiger partial charge in [0, 0.05) is 30.4 Å². The second kappa shape index (κ2) is 6.52. The van der Waals surface area contributed by atoms with E-state index in [0.717, 1.165) is 38.2 Å². The van der Waals surface area contributed by atoms with Crippen LogP contribution in [0.4, 0.5) is 5.69 Å². The average molecular weight is 276 g/mol. The summed E-state index contributed by atoms with van der Waals surface area (Å²) in [7, 11) is 0. The summed E-state index contributed by atoms with van der Waals surface area (Å²) in [6.07, 6.45) is 2.73. The molecule has 0 aliphatic carbocycles. The predicted molar refractivity (Wildman–Crippen MR) is 77.7 cm³/mol. The normalized spacial score (nSPS) is 16.1. The zero-order valence-corrected chi connectivity index (χ0v) is 11.6. The Hall–Kier alpha value is -1.88. The summed E-state index contributed by atoms with van der Waals surface area (Å²) in [6, 6.07) is 5.52. The van der Waals surface area contributed by atoms with Crippen LogP contribution in [-0.2, 0) is 0 Å². The minimum absolute atomic E-state index is 0.0614. The number of carboxylic acids is 1. The Balaban J connectivity index is 2.10. The zero-order valence-electron chi connectivity index (χ0n) is 11.6. The fourth-order valence-electron chi connectivity index (χ4n) is 2.67. The van der Waals surface area contributed by atoms with Crippen molar-refractivity contribution >= 4 is 17.9 Å². The molecule has 0 spiro atoms. The molecule has 1 aliphatic rings.